The van der Waals surface area contributed by atoms with Crippen LogP contribution in [0.15, 0.2) is 29.0 Å². The van der Waals surface area contributed by atoms with Crippen LogP contribution in [-0.2, 0) is 13.1 Å². The number of rotatable bonds is 7. The lowest BCUT2D eigenvalue weighted by Gasteiger charge is -2.15. The fourth-order valence-electron chi connectivity index (χ4n) is 1.98. The summed E-state index contributed by atoms with van der Waals surface area (Å²) in [5.74, 6) is 2.25. The van der Waals surface area contributed by atoms with Crippen LogP contribution < -0.4 is 19.5 Å². The molecule has 0 radical (unpaired) electrons. The van der Waals surface area contributed by atoms with Crippen LogP contribution >= 0.6 is 11.3 Å². The summed E-state index contributed by atoms with van der Waals surface area (Å²) in [6.45, 7) is 1.49. The first-order valence-electron chi connectivity index (χ1n) is 6.29. The minimum Gasteiger partial charge on any atom is -0.496 e. The molecule has 0 aliphatic heterocycles. The molecule has 1 heterocycles. The molecule has 0 bridgehead atoms. The SMILES string of the molecule is COc1cc(OC)c(CNCc2ccsc2)c(OC)c1. The number of thiophene rings is 1. The van der Waals surface area contributed by atoms with Crippen molar-refractivity contribution in [3.63, 3.8) is 0 Å². The molecule has 0 spiro atoms. The van der Waals surface area contributed by atoms with E-state index in [1.807, 2.05) is 12.1 Å². The van der Waals surface area contributed by atoms with Crippen LogP contribution in [0.25, 0.3) is 0 Å². The topological polar surface area (TPSA) is 39.7 Å². The van der Waals surface area contributed by atoms with E-state index in [1.54, 1.807) is 32.7 Å². The minimum atomic E-state index is 0.673. The first-order chi connectivity index (χ1) is 9.78. The Labute approximate surface area is 123 Å². The molecule has 2 rings (SSSR count). The third-order valence-corrected chi connectivity index (χ3v) is 3.76. The number of hydrogen-bond acceptors (Lipinski definition) is 5. The normalized spacial score (nSPS) is 10.3. The molecule has 20 heavy (non-hydrogen) atoms. The second kappa shape index (κ2) is 7.17. The molecule has 0 saturated heterocycles. The monoisotopic (exact) mass is 293 g/mol. The molecule has 0 fully saturated rings. The van der Waals surface area contributed by atoms with E-state index in [-0.39, 0.29) is 0 Å². The van der Waals surface area contributed by atoms with E-state index in [0.29, 0.717) is 6.54 Å². The lowest BCUT2D eigenvalue weighted by molar-refractivity contribution is 0.366. The molecule has 1 aromatic carbocycles. The Kier molecular flexibility index (Phi) is 5.26. The molecule has 1 N–H and O–H groups in total. The van der Waals surface area contributed by atoms with Crippen LogP contribution in [0.3, 0.4) is 0 Å². The summed E-state index contributed by atoms with van der Waals surface area (Å²) in [6.07, 6.45) is 0. The van der Waals surface area contributed by atoms with Gasteiger partial charge in [0.1, 0.15) is 17.2 Å². The van der Waals surface area contributed by atoms with Gasteiger partial charge in [0.05, 0.1) is 26.9 Å². The summed E-state index contributed by atoms with van der Waals surface area (Å²) in [4.78, 5) is 0. The molecule has 0 unspecified atom stereocenters. The van der Waals surface area contributed by atoms with Gasteiger partial charge in [0, 0.05) is 25.2 Å². The van der Waals surface area contributed by atoms with Crippen LogP contribution in [0.4, 0.5) is 0 Å². The summed E-state index contributed by atoms with van der Waals surface area (Å²) in [5, 5.41) is 7.61. The van der Waals surface area contributed by atoms with Crippen molar-refractivity contribution in [3.05, 3.63) is 40.1 Å². The summed E-state index contributed by atoms with van der Waals surface area (Å²) < 4.78 is 16.1. The number of nitrogens with one attached hydrogen (secondary N) is 1. The minimum absolute atomic E-state index is 0.673. The van der Waals surface area contributed by atoms with Crippen molar-refractivity contribution in [2.24, 2.45) is 0 Å². The predicted octanol–water partition coefficient (Wildman–Crippen LogP) is 3.06. The van der Waals surface area contributed by atoms with E-state index in [2.05, 4.69) is 22.1 Å². The lowest BCUT2D eigenvalue weighted by atomic mass is 10.1. The Morgan fingerprint density at radius 1 is 1.00 bits per heavy atom. The molecule has 0 aliphatic rings. The fraction of sp³-hybridized carbons (Fsp3) is 0.333. The van der Waals surface area contributed by atoms with Gasteiger partial charge < -0.3 is 19.5 Å². The molecule has 0 aliphatic carbocycles. The van der Waals surface area contributed by atoms with Crippen molar-refractivity contribution in [1.29, 1.82) is 0 Å². The standard InChI is InChI=1S/C15H19NO3S/c1-17-12-6-14(18-2)13(15(7-12)19-3)9-16-8-11-4-5-20-10-11/h4-7,10,16H,8-9H2,1-3H3. The average molecular weight is 293 g/mol. The number of methoxy groups -OCH3 is 3. The summed E-state index contributed by atoms with van der Waals surface area (Å²) in [7, 11) is 4.93. The van der Waals surface area contributed by atoms with Gasteiger partial charge in [-0.15, -0.1) is 0 Å². The first kappa shape index (κ1) is 14.7. The Bertz CT molecular complexity index is 515. The second-order valence-electron chi connectivity index (χ2n) is 4.25. The molecule has 5 heteroatoms. The molecule has 108 valence electrons. The Balaban J connectivity index is 2.12. The Morgan fingerprint density at radius 3 is 2.20 bits per heavy atom. The predicted molar refractivity (Wildman–Crippen MR) is 81.0 cm³/mol. The zero-order valence-electron chi connectivity index (χ0n) is 11.9. The van der Waals surface area contributed by atoms with E-state index in [0.717, 1.165) is 29.4 Å². The van der Waals surface area contributed by atoms with E-state index < -0.39 is 0 Å². The first-order valence-corrected chi connectivity index (χ1v) is 7.23. The van der Waals surface area contributed by atoms with Gasteiger partial charge in [-0.1, -0.05) is 0 Å². The fourth-order valence-corrected chi connectivity index (χ4v) is 2.65. The molecular formula is C15H19NO3S. The zero-order chi connectivity index (χ0) is 14.4. The van der Waals surface area contributed by atoms with Gasteiger partial charge in [-0.05, 0) is 22.4 Å². The third kappa shape index (κ3) is 3.43. The zero-order valence-corrected chi connectivity index (χ0v) is 12.8. The van der Waals surface area contributed by atoms with E-state index in [9.17, 15) is 0 Å². The van der Waals surface area contributed by atoms with Crippen molar-refractivity contribution in [3.8, 4) is 17.2 Å². The van der Waals surface area contributed by atoms with Gasteiger partial charge in [0.15, 0.2) is 0 Å². The summed E-state index contributed by atoms with van der Waals surface area (Å²) in [5.41, 5.74) is 2.27. The third-order valence-electron chi connectivity index (χ3n) is 3.03. The molecule has 0 amide bonds. The van der Waals surface area contributed by atoms with Gasteiger partial charge in [-0.25, -0.2) is 0 Å². The van der Waals surface area contributed by atoms with Crippen molar-refractivity contribution < 1.29 is 14.2 Å². The van der Waals surface area contributed by atoms with E-state index in [1.165, 1.54) is 5.56 Å². The van der Waals surface area contributed by atoms with E-state index >= 15 is 0 Å². The maximum absolute atomic E-state index is 5.42. The summed E-state index contributed by atoms with van der Waals surface area (Å²) in [6, 6.07) is 5.84. The average Bonchev–Trinajstić information content (AvgIpc) is 3.00. The largest absolute Gasteiger partial charge is 0.496 e. The number of hydrogen-bond donors (Lipinski definition) is 1. The highest BCUT2D eigenvalue weighted by atomic mass is 32.1. The van der Waals surface area contributed by atoms with Crippen LogP contribution in [-0.4, -0.2) is 21.3 Å². The molecule has 0 saturated carbocycles. The highest BCUT2D eigenvalue weighted by Gasteiger charge is 2.12. The van der Waals surface area contributed by atoms with Crippen molar-refractivity contribution in [2.45, 2.75) is 13.1 Å². The van der Waals surface area contributed by atoms with Crippen LogP contribution in [0.2, 0.25) is 0 Å². The number of benzene rings is 1. The number of ether oxygens (including phenoxy) is 3. The van der Waals surface area contributed by atoms with Gasteiger partial charge in [-0.2, -0.15) is 11.3 Å². The highest BCUT2D eigenvalue weighted by Crippen LogP contribution is 2.33. The second-order valence-corrected chi connectivity index (χ2v) is 5.03. The lowest BCUT2D eigenvalue weighted by Crippen LogP contribution is -2.14. The highest BCUT2D eigenvalue weighted by molar-refractivity contribution is 7.07. The molecule has 2 aromatic rings. The van der Waals surface area contributed by atoms with Crippen molar-refractivity contribution >= 4 is 11.3 Å². The van der Waals surface area contributed by atoms with Gasteiger partial charge in [0.2, 0.25) is 0 Å². The molecule has 1 aromatic heterocycles. The van der Waals surface area contributed by atoms with E-state index in [4.69, 9.17) is 14.2 Å². The quantitative estimate of drug-likeness (QED) is 0.851. The van der Waals surface area contributed by atoms with Gasteiger partial charge >= 0.3 is 0 Å². The van der Waals surface area contributed by atoms with Crippen LogP contribution in [0.1, 0.15) is 11.1 Å². The Hall–Kier alpha value is -1.72. The Morgan fingerprint density at radius 2 is 1.70 bits per heavy atom. The van der Waals surface area contributed by atoms with Crippen molar-refractivity contribution in [2.75, 3.05) is 21.3 Å². The van der Waals surface area contributed by atoms with Gasteiger partial charge in [0.25, 0.3) is 0 Å². The van der Waals surface area contributed by atoms with Crippen LogP contribution in [0.5, 0.6) is 17.2 Å². The smallest absolute Gasteiger partial charge is 0.130 e. The molecular weight excluding hydrogens is 274 g/mol. The summed E-state index contributed by atoms with van der Waals surface area (Å²) >= 11 is 1.70. The van der Waals surface area contributed by atoms with Crippen molar-refractivity contribution in [1.82, 2.24) is 5.32 Å². The molecule has 4 nitrogen and oxygen atoms in total. The maximum Gasteiger partial charge on any atom is 0.130 e. The van der Waals surface area contributed by atoms with Gasteiger partial charge in [-0.3, -0.25) is 0 Å². The molecule has 0 atom stereocenters. The maximum atomic E-state index is 5.42. The van der Waals surface area contributed by atoms with Crippen LogP contribution in [0, 0.1) is 0 Å².